The van der Waals surface area contributed by atoms with Crippen LogP contribution in [0, 0.1) is 5.92 Å². The van der Waals surface area contributed by atoms with Gasteiger partial charge in [0, 0.05) is 42.9 Å². The van der Waals surface area contributed by atoms with Crippen LogP contribution in [-0.2, 0) is 11.3 Å². The number of carbonyl (C=O) groups excluding carboxylic acids is 1. The molecule has 2 aromatic carbocycles. The smallest absolute Gasteiger partial charge is 0.225 e. The van der Waals surface area contributed by atoms with Gasteiger partial charge in [-0.1, -0.05) is 31.0 Å². The summed E-state index contributed by atoms with van der Waals surface area (Å²) in [6.07, 6.45) is 8.88. The minimum absolute atomic E-state index is 0.178. The maximum atomic E-state index is 13.1. The number of aromatic nitrogens is 2. The molecule has 1 aromatic heterocycles. The maximum Gasteiger partial charge on any atom is 0.225 e. The average molecular weight is 473 g/mol. The Morgan fingerprint density at radius 3 is 2.26 bits per heavy atom. The van der Waals surface area contributed by atoms with Crippen LogP contribution in [0.3, 0.4) is 0 Å². The minimum atomic E-state index is 0.178. The summed E-state index contributed by atoms with van der Waals surface area (Å²) in [6.45, 7) is 4.62. The van der Waals surface area contributed by atoms with Crippen molar-refractivity contribution >= 4 is 5.91 Å². The van der Waals surface area contributed by atoms with Gasteiger partial charge in [0.1, 0.15) is 5.75 Å². The van der Waals surface area contributed by atoms with Crippen molar-refractivity contribution in [3.05, 3.63) is 66.4 Å². The van der Waals surface area contributed by atoms with Crippen molar-refractivity contribution in [1.82, 2.24) is 19.6 Å². The molecule has 0 atom stereocenters. The minimum Gasteiger partial charge on any atom is -0.497 e. The fraction of sp³-hybridized carbons (Fsp3) is 0.448. The molecule has 0 spiro atoms. The van der Waals surface area contributed by atoms with Crippen LogP contribution in [0.15, 0.2) is 60.8 Å². The predicted molar refractivity (Wildman–Crippen MR) is 139 cm³/mol. The molecule has 184 valence electrons. The van der Waals surface area contributed by atoms with Gasteiger partial charge in [-0.2, -0.15) is 5.10 Å². The number of carbonyl (C=O) groups is 1. The lowest BCUT2D eigenvalue weighted by Gasteiger charge is -2.34. The Labute approximate surface area is 208 Å². The Morgan fingerprint density at radius 2 is 1.60 bits per heavy atom. The number of para-hydroxylation sites is 1. The second kappa shape index (κ2) is 11.1. The van der Waals surface area contributed by atoms with E-state index >= 15 is 0 Å². The van der Waals surface area contributed by atoms with Crippen molar-refractivity contribution in [3.63, 3.8) is 0 Å². The van der Waals surface area contributed by atoms with E-state index in [1.165, 1.54) is 18.4 Å². The molecule has 2 fully saturated rings. The summed E-state index contributed by atoms with van der Waals surface area (Å²) in [7, 11) is 1.69. The Morgan fingerprint density at radius 1 is 0.914 bits per heavy atom. The lowest BCUT2D eigenvalue weighted by atomic mass is 9.94. The van der Waals surface area contributed by atoms with Gasteiger partial charge in [-0.15, -0.1) is 0 Å². The molecule has 0 saturated carbocycles. The number of likely N-dealkylation sites (tertiary alicyclic amines) is 2. The Bertz CT molecular complexity index is 1090. The molecule has 6 nitrogen and oxygen atoms in total. The predicted octanol–water partition coefficient (Wildman–Crippen LogP) is 5.16. The third-order valence-corrected chi connectivity index (χ3v) is 7.42. The molecule has 5 rings (SSSR count). The summed E-state index contributed by atoms with van der Waals surface area (Å²) in [5.74, 6) is 1.41. The van der Waals surface area contributed by atoms with Crippen LogP contribution in [0.25, 0.3) is 16.9 Å². The molecule has 0 radical (unpaired) electrons. The first-order chi connectivity index (χ1) is 17.2. The monoisotopic (exact) mass is 472 g/mol. The Kier molecular flexibility index (Phi) is 7.48. The second-order valence-corrected chi connectivity index (χ2v) is 9.80. The summed E-state index contributed by atoms with van der Waals surface area (Å²) in [5.41, 5.74) is 4.34. The standard InChI is InChI=1S/C29H36N4O2/c1-35-27-13-11-23(12-14-27)28-25(22-33(30-28)26-9-5-4-6-10-26)21-31-19-15-24(16-20-31)29(34)32-17-7-2-3-8-18-32/h4-6,9-14,22,24H,2-3,7-8,15-21H2,1H3. The highest BCUT2D eigenvalue weighted by Gasteiger charge is 2.29. The second-order valence-electron chi connectivity index (χ2n) is 9.80. The van der Waals surface area contributed by atoms with Gasteiger partial charge >= 0.3 is 0 Å². The molecule has 0 N–H and O–H groups in total. The van der Waals surface area contributed by atoms with Crippen molar-refractivity contribution in [3.8, 4) is 22.7 Å². The number of rotatable bonds is 6. The van der Waals surface area contributed by atoms with E-state index in [9.17, 15) is 4.79 Å². The van der Waals surface area contributed by atoms with Gasteiger partial charge < -0.3 is 9.64 Å². The topological polar surface area (TPSA) is 50.6 Å². The molecule has 2 aliphatic heterocycles. The number of hydrogen-bond donors (Lipinski definition) is 0. The van der Waals surface area contributed by atoms with E-state index in [1.807, 2.05) is 35.0 Å². The fourth-order valence-corrected chi connectivity index (χ4v) is 5.36. The highest BCUT2D eigenvalue weighted by atomic mass is 16.5. The van der Waals surface area contributed by atoms with Crippen molar-refractivity contribution < 1.29 is 9.53 Å². The molecular formula is C29H36N4O2. The first-order valence-electron chi connectivity index (χ1n) is 13.0. The van der Waals surface area contributed by atoms with E-state index in [0.29, 0.717) is 5.91 Å². The zero-order valence-electron chi connectivity index (χ0n) is 20.7. The number of amides is 1. The van der Waals surface area contributed by atoms with Crippen LogP contribution in [-0.4, -0.2) is 58.8 Å². The van der Waals surface area contributed by atoms with Crippen molar-refractivity contribution in [2.45, 2.75) is 45.1 Å². The van der Waals surface area contributed by atoms with Gasteiger partial charge in [0.25, 0.3) is 0 Å². The maximum absolute atomic E-state index is 13.1. The van der Waals surface area contributed by atoms with E-state index in [4.69, 9.17) is 9.84 Å². The molecule has 6 heteroatoms. The number of ether oxygens (including phenoxy) is 1. The molecule has 1 amide bonds. The van der Waals surface area contributed by atoms with E-state index in [1.54, 1.807) is 7.11 Å². The van der Waals surface area contributed by atoms with Gasteiger partial charge in [-0.25, -0.2) is 4.68 Å². The fourth-order valence-electron chi connectivity index (χ4n) is 5.36. The first kappa shape index (κ1) is 23.6. The van der Waals surface area contributed by atoms with Gasteiger partial charge in [-0.05, 0) is 75.2 Å². The highest BCUT2D eigenvalue weighted by Crippen LogP contribution is 2.29. The summed E-state index contributed by atoms with van der Waals surface area (Å²) >= 11 is 0. The normalized spacial score (nSPS) is 17.8. The van der Waals surface area contributed by atoms with Gasteiger partial charge in [0.2, 0.25) is 5.91 Å². The lowest BCUT2D eigenvalue weighted by molar-refractivity contribution is -0.137. The summed E-state index contributed by atoms with van der Waals surface area (Å²) in [4.78, 5) is 17.7. The molecule has 3 aromatic rings. The van der Waals surface area contributed by atoms with Crippen LogP contribution < -0.4 is 4.74 Å². The summed E-state index contributed by atoms with van der Waals surface area (Å²) < 4.78 is 7.32. The van der Waals surface area contributed by atoms with E-state index in [2.05, 4.69) is 40.3 Å². The first-order valence-corrected chi connectivity index (χ1v) is 13.0. The van der Waals surface area contributed by atoms with Gasteiger partial charge in [-0.3, -0.25) is 9.69 Å². The van der Waals surface area contributed by atoms with E-state index in [-0.39, 0.29) is 5.92 Å². The van der Waals surface area contributed by atoms with E-state index < -0.39 is 0 Å². The van der Waals surface area contributed by atoms with Gasteiger partial charge in [0.15, 0.2) is 0 Å². The number of benzene rings is 2. The number of methoxy groups -OCH3 is 1. The molecule has 0 aliphatic carbocycles. The molecule has 2 aliphatic rings. The lowest BCUT2D eigenvalue weighted by Crippen LogP contribution is -2.42. The summed E-state index contributed by atoms with van der Waals surface area (Å²) in [5, 5.41) is 4.97. The zero-order chi connectivity index (χ0) is 24.0. The molecular weight excluding hydrogens is 436 g/mol. The molecule has 3 heterocycles. The number of piperidine rings is 1. The summed E-state index contributed by atoms with van der Waals surface area (Å²) in [6, 6.07) is 18.4. The SMILES string of the molecule is COc1ccc(-c2nn(-c3ccccc3)cc2CN2CCC(C(=O)N3CCCCCC3)CC2)cc1. The Balaban J connectivity index is 1.30. The molecule has 35 heavy (non-hydrogen) atoms. The molecule has 0 unspecified atom stereocenters. The van der Waals surface area contributed by atoms with E-state index in [0.717, 1.165) is 81.1 Å². The Hall–Kier alpha value is -3.12. The van der Waals surface area contributed by atoms with Crippen LogP contribution >= 0.6 is 0 Å². The number of nitrogens with zero attached hydrogens (tertiary/aromatic N) is 4. The molecule has 2 saturated heterocycles. The van der Waals surface area contributed by atoms with Crippen molar-refractivity contribution in [1.29, 1.82) is 0 Å². The van der Waals surface area contributed by atoms with Crippen LogP contribution in [0.5, 0.6) is 5.75 Å². The van der Waals surface area contributed by atoms with Crippen LogP contribution in [0.2, 0.25) is 0 Å². The molecule has 0 bridgehead atoms. The van der Waals surface area contributed by atoms with Crippen LogP contribution in [0.1, 0.15) is 44.1 Å². The number of hydrogen-bond acceptors (Lipinski definition) is 4. The zero-order valence-corrected chi connectivity index (χ0v) is 20.7. The third kappa shape index (κ3) is 5.59. The third-order valence-electron chi connectivity index (χ3n) is 7.42. The largest absolute Gasteiger partial charge is 0.497 e. The quantitative estimate of drug-likeness (QED) is 0.497. The van der Waals surface area contributed by atoms with Gasteiger partial charge in [0.05, 0.1) is 18.5 Å². The van der Waals surface area contributed by atoms with Crippen LogP contribution in [0.4, 0.5) is 0 Å². The average Bonchev–Trinajstić information content (AvgIpc) is 3.14. The van der Waals surface area contributed by atoms with Crippen molar-refractivity contribution in [2.75, 3.05) is 33.3 Å². The van der Waals surface area contributed by atoms with Crippen molar-refractivity contribution in [2.24, 2.45) is 5.92 Å². The highest BCUT2D eigenvalue weighted by molar-refractivity contribution is 5.79.